The summed E-state index contributed by atoms with van der Waals surface area (Å²) in [5.41, 5.74) is -0.334. The summed E-state index contributed by atoms with van der Waals surface area (Å²) in [5.74, 6) is -0.251. The van der Waals surface area contributed by atoms with Gasteiger partial charge in [-0.1, -0.05) is 19.3 Å². The third-order valence-corrected chi connectivity index (χ3v) is 6.60. The second-order valence-electron chi connectivity index (χ2n) is 8.37. The van der Waals surface area contributed by atoms with E-state index >= 15 is 0 Å². The number of aromatic nitrogens is 3. The van der Waals surface area contributed by atoms with Gasteiger partial charge in [-0.05, 0) is 18.9 Å². The van der Waals surface area contributed by atoms with E-state index in [2.05, 4.69) is 15.2 Å². The minimum atomic E-state index is -0.452. The van der Waals surface area contributed by atoms with Crippen LogP contribution in [0.1, 0.15) is 42.5 Å². The lowest BCUT2D eigenvalue weighted by Crippen LogP contribution is -2.59. The Labute approximate surface area is 174 Å². The maximum Gasteiger partial charge on any atom is 0.332 e. The van der Waals surface area contributed by atoms with Gasteiger partial charge < -0.3 is 10.1 Å². The van der Waals surface area contributed by atoms with Crippen molar-refractivity contribution in [3.05, 3.63) is 38.7 Å². The van der Waals surface area contributed by atoms with Crippen LogP contribution in [0.5, 0.6) is 0 Å². The second-order valence-corrected chi connectivity index (χ2v) is 8.37. The molecule has 9 heteroatoms. The highest BCUT2D eigenvalue weighted by Gasteiger charge is 2.38. The molecule has 1 amide bonds. The molecule has 0 bridgehead atoms. The van der Waals surface area contributed by atoms with E-state index in [4.69, 9.17) is 4.74 Å². The number of rotatable bonds is 4. The summed E-state index contributed by atoms with van der Waals surface area (Å²) in [5, 5.41) is 3.35. The number of morpholine rings is 1. The maximum absolute atomic E-state index is 12.9. The number of pyridine rings is 1. The number of hydrogen-bond acceptors (Lipinski definition) is 6. The van der Waals surface area contributed by atoms with Gasteiger partial charge in [0, 0.05) is 45.5 Å². The number of ether oxygens (including phenoxy) is 1. The van der Waals surface area contributed by atoms with Crippen molar-refractivity contribution in [1.82, 2.24) is 24.3 Å². The van der Waals surface area contributed by atoms with Crippen LogP contribution < -0.4 is 16.6 Å². The number of aryl methyl sites for hydroxylation is 1. The molecule has 3 heterocycles. The number of nitrogens with zero attached hydrogens (tertiary/aromatic N) is 4. The van der Waals surface area contributed by atoms with E-state index in [1.807, 2.05) is 0 Å². The van der Waals surface area contributed by atoms with Gasteiger partial charge in [0.2, 0.25) is 0 Å². The fraction of sp³-hybridized carbons (Fsp3) is 0.619. The molecule has 0 aromatic carbocycles. The van der Waals surface area contributed by atoms with Gasteiger partial charge in [-0.25, -0.2) is 9.78 Å². The van der Waals surface area contributed by atoms with Crippen molar-refractivity contribution in [2.24, 2.45) is 14.1 Å². The van der Waals surface area contributed by atoms with Crippen LogP contribution in [0.15, 0.2) is 21.9 Å². The van der Waals surface area contributed by atoms with Crippen molar-refractivity contribution in [2.45, 2.75) is 37.6 Å². The fourth-order valence-electron chi connectivity index (χ4n) is 4.79. The van der Waals surface area contributed by atoms with Crippen LogP contribution >= 0.6 is 0 Å². The molecule has 1 saturated carbocycles. The highest BCUT2D eigenvalue weighted by atomic mass is 16.5. The minimum Gasteiger partial charge on any atom is -0.379 e. The Hall–Kier alpha value is -2.52. The lowest BCUT2D eigenvalue weighted by atomic mass is 9.79. The monoisotopic (exact) mass is 415 g/mol. The highest BCUT2D eigenvalue weighted by molar-refractivity contribution is 5.96. The van der Waals surface area contributed by atoms with Crippen LogP contribution in [0.3, 0.4) is 0 Å². The van der Waals surface area contributed by atoms with Crippen molar-refractivity contribution in [3.8, 4) is 0 Å². The number of carbonyl (C=O) groups is 1. The third-order valence-electron chi connectivity index (χ3n) is 6.60. The zero-order chi connectivity index (χ0) is 21.3. The van der Waals surface area contributed by atoms with Gasteiger partial charge in [-0.2, -0.15) is 0 Å². The van der Waals surface area contributed by atoms with E-state index in [0.29, 0.717) is 12.1 Å². The average Bonchev–Trinajstić information content (AvgIpc) is 2.80. The molecule has 1 aliphatic carbocycles. The molecule has 2 fully saturated rings. The smallest absolute Gasteiger partial charge is 0.332 e. The van der Waals surface area contributed by atoms with E-state index in [1.165, 1.54) is 30.3 Å². The molecule has 1 saturated heterocycles. The van der Waals surface area contributed by atoms with Crippen LogP contribution in [0, 0.1) is 0 Å². The van der Waals surface area contributed by atoms with Gasteiger partial charge in [0.15, 0.2) is 0 Å². The summed E-state index contributed by atoms with van der Waals surface area (Å²) in [4.78, 5) is 44.2. The first-order valence-electron chi connectivity index (χ1n) is 10.6. The first-order valence-corrected chi connectivity index (χ1v) is 10.6. The normalized spacial score (nSPS) is 19.7. The van der Waals surface area contributed by atoms with Crippen molar-refractivity contribution in [1.29, 1.82) is 0 Å². The van der Waals surface area contributed by atoms with Gasteiger partial charge >= 0.3 is 5.69 Å². The molecule has 30 heavy (non-hydrogen) atoms. The molecule has 9 nitrogen and oxygen atoms in total. The topological polar surface area (TPSA) is 98.5 Å². The Morgan fingerprint density at radius 2 is 1.83 bits per heavy atom. The number of carbonyl (C=O) groups excluding carboxylic acids is 1. The summed E-state index contributed by atoms with van der Waals surface area (Å²) in [6.45, 7) is 3.79. The summed E-state index contributed by atoms with van der Waals surface area (Å²) in [6.07, 6.45) is 7.11. The Bertz CT molecular complexity index is 1060. The maximum atomic E-state index is 12.9. The Balaban J connectivity index is 1.57. The molecule has 2 aromatic heterocycles. The molecule has 4 rings (SSSR count). The van der Waals surface area contributed by atoms with Crippen molar-refractivity contribution in [2.75, 3.05) is 32.8 Å². The summed E-state index contributed by atoms with van der Waals surface area (Å²) in [6, 6.07) is 1.53. The molecule has 0 unspecified atom stereocenters. The van der Waals surface area contributed by atoms with Crippen molar-refractivity contribution in [3.63, 3.8) is 0 Å². The molecule has 1 N–H and O–H groups in total. The van der Waals surface area contributed by atoms with Gasteiger partial charge in [0.25, 0.3) is 11.5 Å². The molecule has 2 aliphatic rings. The van der Waals surface area contributed by atoms with E-state index < -0.39 is 11.2 Å². The van der Waals surface area contributed by atoms with Crippen LogP contribution in [0.4, 0.5) is 0 Å². The summed E-state index contributed by atoms with van der Waals surface area (Å²) in [7, 11) is 2.98. The first kappa shape index (κ1) is 20.7. The molecule has 162 valence electrons. The molecular formula is C21H29N5O4. The summed E-state index contributed by atoms with van der Waals surface area (Å²) < 4.78 is 7.86. The third kappa shape index (κ3) is 3.67. The van der Waals surface area contributed by atoms with E-state index in [-0.39, 0.29) is 22.5 Å². The van der Waals surface area contributed by atoms with Gasteiger partial charge in [0.1, 0.15) is 5.65 Å². The Kier molecular flexibility index (Phi) is 5.75. The number of amides is 1. The summed E-state index contributed by atoms with van der Waals surface area (Å²) >= 11 is 0. The van der Waals surface area contributed by atoms with Crippen LogP contribution in [-0.2, 0) is 18.8 Å². The zero-order valence-electron chi connectivity index (χ0n) is 17.6. The number of nitrogens with one attached hydrogen (secondary N) is 1. The number of hydrogen-bond donors (Lipinski definition) is 1. The largest absolute Gasteiger partial charge is 0.379 e. The zero-order valence-corrected chi connectivity index (χ0v) is 17.6. The molecule has 2 aromatic rings. The van der Waals surface area contributed by atoms with Crippen molar-refractivity contribution >= 4 is 16.9 Å². The van der Waals surface area contributed by atoms with Gasteiger partial charge in [-0.3, -0.25) is 23.6 Å². The lowest BCUT2D eigenvalue weighted by molar-refractivity contribution is -0.0361. The Morgan fingerprint density at radius 1 is 1.13 bits per heavy atom. The predicted octanol–water partition coefficient (Wildman–Crippen LogP) is 0.397. The van der Waals surface area contributed by atoms with Gasteiger partial charge in [0.05, 0.1) is 24.2 Å². The van der Waals surface area contributed by atoms with Crippen LogP contribution in [0.2, 0.25) is 0 Å². The van der Waals surface area contributed by atoms with Crippen LogP contribution in [0.25, 0.3) is 11.0 Å². The molecule has 1 aliphatic heterocycles. The standard InChI is InChI=1S/C21H29N5O4/c1-24-17-16(19(28)25(2)20(24)29)12-15(13-22-17)18(27)23-14-21(6-4-3-5-7-21)26-8-10-30-11-9-26/h12-13H,3-11,14H2,1-2H3,(H,23,27). The highest BCUT2D eigenvalue weighted by Crippen LogP contribution is 2.34. The van der Waals surface area contributed by atoms with E-state index in [9.17, 15) is 14.4 Å². The number of fused-ring (bicyclic) bond motifs is 1. The minimum absolute atomic E-state index is 0.0397. The lowest BCUT2D eigenvalue weighted by Gasteiger charge is -2.48. The molecule has 0 radical (unpaired) electrons. The Morgan fingerprint density at radius 3 is 2.53 bits per heavy atom. The molecular weight excluding hydrogens is 386 g/mol. The van der Waals surface area contributed by atoms with Crippen LogP contribution in [-0.4, -0.2) is 63.3 Å². The molecule has 0 spiro atoms. The average molecular weight is 415 g/mol. The van der Waals surface area contributed by atoms with Crippen molar-refractivity contribution < 1.29 is 9.53 Å². The van der Waals surface area contributed by atoms with Gasteiger partial charge in [-0.15, -0.1) is 0 Å². The second kappa shape index (κ2) is 8.31. The first-order chi connectivity index (χ1) is 14.4. The predicted molar refractivity (Wildman–Crippen MR) is 113 cm³/mol. The molecule has 0 atom stereocenters. The SMILES string of the molecule is Cn1c(=O)c2cc(C(=O)NCC3(N4CCOCC4)CCCCC3)cnc2n(C)c1=O. The van der Waals surface area contributed by atoms with E-state index in [1.54, 1.807) is 7.05 Å². The quantitative estimate of drug-likeness (QED) is 0.776. The van der Waals surface area contributed by atoms with E-state index in [0.717, 1.165) is 56.6 Å². The fourth-order valence-corrected chi connectivity index (χ4v) is 4.79.